The fraction of sp³-hybridized carbons (Fsp3) is 0.143. The predicted molar refractivity (Wildman–Crippen MR) is 97.4 cm³/mol. The Labute approximate surface area is 146 Å². The minimum Gasteiger partial charge on any atom is -0.478 e. The summed E-state index contributed by atoms with van der Waals surface area (Å²) in [4.78, 5) is 17.7. The topological polar surface area (TPSA) is 53.4 Å². The average molecular weight is 330 g/mol. The van der Waals surface area contributed by atoms with Crippen LogP contribution in [0.15, 0.2) is 67.0 Å². The molecule has 4 nitrogen and oxygen atoms in total. The van der Waals surface area contributed by atoms with E-state index in [0.29, 0.717) is 0 Å². The molecule has 2 heterocycles. The summed E-state index contributed by atoms with van der Waals surface area (Å²) in [5.41, 5.74) is 5.82. The number of aryl methyl sites for hydroxylation is 1. The molecule has 4 rings (SSSR count). The number of hydrogen-bond acceptors (Lipinski definition) is 3. The van der Waals surface area contributed by atoms with Gasteiger partial charge >= 0.3 is 5.97 Å². The molecule has 0 saturated carbocycles. The normalized spacial score (nSPS) is 15.9. The SMILES string of the molecule is Cc1ccc2c(c1)CC(c1ccccc1)N2c1cncc(C(=O)O)c1. The highest BCUT2D eigenvalue weighted by atomic mass is 16.4. The molecule has 1 aromatic heterocycles. The molecule has 0 spiro atoms. The summed E-state index contributed by atoms with van der Waals surface area (Å²) in [6.07, 6.45) is 4.01. The number of carbonyl (C=O) groups is 1. The molecular formula is C21H18N2O2. The highest BCUT2D eigenvalue weighted by molar-refractivity contribution is 5.89. The fourth-order valence-corrected chi connectivity index (χ4v) is 3.52. The molecule has 124 valence electrons. The quantitative estimate of drug-likeness (QED) is 0.767. The van der Waals surface area contributed by atoms with E-state index < -0.39 is 5.97 Å². The third-order valence-corrected chi connectivity index (χ3v) is 4.65. The van der Waals surface area contributed by atoms with Crippen molar-refractivity contribution in [3.05, 3.63) is 89.2 Å². The van der Waals surface area contributed by atoms with E-state index in [0.717, 1.165) is 17.8 Å². The fourth-order valence-electron chi connectivity index (χ4n) is 3.52. The summed E-state index contributed by atoms with van der Waals surface area (Å²) in [6.45, 7) is 2.09. The van der Waals surface area contributed by atoms with Crippen LogP contribution in [-0.2, 0) is 6.42 Å². The van der Waals surface area contributed by atoms with E-state index >= 15 is 0 Å². The second-order valence-electron chi connectivity index (χ2n) is 6.37. The van der Waals surface area contributed by atoms with Crippen molar-refractivity contribution in [2.45, 2.75) is 19.4 Å². The largest absolute Gasteiger partial charge is 0.478 e. The van der Waals surface area contributed by atoms with Gasteiger partial charge in [-0.2, -0.15) is 0 Å². The monoisotopic (exact) mass is 330 g/mol. The highest BCUT2D eigenvalue weighted by Crippen LogP contribution is 2.45. The molecule has 1 N–H and O–H groups in total. The number of aromatic carboxylic acids is 1. The Kier molecular flexibility index (Phi) is 3.73. The van der Waals surface area contributed by atoms with Crippen LogP contribution in [0.3, 0.4) is 0 Å². The molecule has 0 bridgehead atoms. The zero-order valence-corrected chi connectivity index (χ0v) is 13.9. The molecular weight excluding hydrogens is 312 g/mol. The number of aromatic nitrogens is 1. The Morgan fingerprint density at radius 2 is 1.92 bits per heavy atom. The van der Waals surface area contributed by atoms with Crippen molar-refractivity contribution in [2.24, 2.45) is 0 Å². The molecule has 3 aromatic rings. The van der Waals surface area contributed by atoms with Crippen LogP contribution < -0.4 is 4.90 Å². The lowest BCUT2D eigenvalue weighted by Gasteiger charge is -2.28. The molecule has 4 heteroatoms. The van der Waals surface area contributed by atoms with Crippen LogP contribution in [0.5, 0.6) is 0 Å². The summed E-state index contributed by atoms with van der Waals surface area (Å²) >= 11 is 0. The minimum absolute atomic E-state index is 0.129. The van der Waals surface area contributed by atoms with Gasteiger partial charge in [-0.1, -0.05) is 48.0 Å². The maximum absolute atomic E-state index is 11.4. The molecule has 1 unspecified atom stereocenters. The zero-order valence-electron chi connectivity index (χ0n) is 13.9. The molecule has 0 aliphatic carbocycles. The predicted octanol–water partition coefficient (Wildman–Crippen LogP) is 4.52. The molecule has 1 aliphatic rings. The van der Waals surface area contributed by atoms with Gasteiger partial charge in [-0.15, -0.1) is 0 Å². The second-order valence-corrected chi connectivity index (χ2v) is 6.37. The second kappa shape index (κ2) is 6.06. The number of carboxylic acid groups (broad SMARTS) is 1. The first kappa shape index (κ1) is 15.4. The number of anilines is 2. The molecule has 25 heavy (non-hydrogen) atoms. The molecule has 0 amide bonds. The van der Waals surface area contributed by atoms with Crippen LogP contribution in [0.2, 0.25) is 0 Å². The summed E-state index contributed by atoms with van der Waals surface area (Å²) in [5.74, 6) is -0.964. The number of nitrogens with zero attached hydrogens (tertiary/aromatic N) is 2. The van der Waals surface area contributed by atoms with Crippen molar-refractivity contribution in [2.75, 3.05) is 4.90 Å². The lowest BCUT2D eigenvalue weighted by molar-refractivity contribution is 0.0696. The molecule has 0 saturated heterocycles. The van der Waals surface area contributed by atoms with E-state index in [-0.39, 0.29) is 11.6 Å². The van der Waals surface area contributed by atoms with Gasteiger partial charge in [0, 0.05) is 11.9 Å². The first-order chi connectivity index (χ1) is 12.1. The Hall–Kier alpha value is -3.14. The van der Waals surface area contributed by atoms with Crippen molar-refractivity contribution in [3.63, 3.8) is 0 Å². The number of fused-ring (bicyclic) bond motifs is 1. The van der Waals surface area contributed by atoms with Crippen molar-refractivity contribution >= 4 is 17.3 Å². The Morgan fingerprint density at radius 1 is 1.12 bits per heavy atom. The number of carboxylic acids is 1. The maximum Gasteiger partial charge on any atom is 0.337 e. The van der Waals surface area contributed by atoms with Crippen LogP contribution in [0.1, 0.15) is 33.1 Å². The van der Waals surface area contributed by atoms with Crippen molar-refractivity contribution in [1.29, 1.82) is 0 Å². The van der Waals surface area contributed by atoms with Crippen LogP contribution in [0, 0.1) is 6.92 Å². The van der Waals surface area contributed by atoms with Gasteiger partial charge in [0.2, 0.25) is 0 Å². The average Bonchev–Trinajstić information content (AvgIpc) is 3.01. The van der Waals surface area contributed by atoms with E-state index in [9.17, 15) is 9.90 Å². The van der Waals surface area contributed by atoms with Gasteiger partial charge < -0.3 is 10.0 Å². The standard InChI is InChI=1S/C21H18N2O2/c1-14-7-8-19-16(9-14)11-20(15-5-3-2-4-6-15)23(19)18-10-17(21(24)25)12-22-13-18/h2-10,12-13,20H,11H2,1H3,(H,24,25). The molecule has 1 aliphatic heterocycles. The van der Waals surface area contributed by atoms with E-state index in [1.807, 2.05) is 18.2 Å². The van der Waals surface area contributed by atoms with Gasteiger partial charge in [0.05, 0.1) is 23.5 Å². The molecule has 0 fully saturated rings. The summed E-state index contributed by atoms with van der Waals surface area (Å²) in [7, 11) is 0. The third-order valence-electron chi connectivity index (χ3n) is 4.65. The summed E-state index contributed by atoms with van der Waals surface area (Å²) in [5, 5.41) is 9.31. The minimum atomic E-state index is -0.964. The number of hydrogen-bond donors (Lipinski definition) is 1. The van der Waals surface area contributed by atoms with Crippen LogP contribution >= 0.6 is 0 Å². The summed E-state index contributed by atoms with van der Waals surface area (Å²) in [6, 6.07) is 18.5. The van der Waals surface area contributed by atoms with Gasteiger partial charge in [-0.05, 0) is 36.6 Å². The third kappa shape index (κ3) is 2.76. The van der Waals surface area contributed by atoms with Crippen molar-refractivity contribution in [3.8, 4) is 0 Å². The zero-order chi connectivity index (χ0) is 17.4. The highest BCUT2D eigenvalue weighted by Gasteiger charge is 2.32. The van der Waals surface area contributed by atoms with E-state index in [4.69, 9.17) is 0 Å². The molecule has 2 aromatic carbocycles. The van der Waals surface area contributed by atoms with Gasteiger partial charge in [-0.3, -0.25) is 4.98 Å². The van der Waals surface area contributed by atoms with Crippen molar-refractivity contribution < 1.29 is 9.90 Å². The van der Waals surface area contributed by atoms with Crippen LogP contribution in [0.4, 0.5) is 11.4 Å². The maximum atomic E-state index is 11.4. The number of benzene rings is 2. The Morgan fingerprint density at radius 3 is 2.68 bits per heavy atom. The number of pyridine rings is 1. The van der Waals surface area contributed by atoms with Crippen LogP contribution in [-0.4, -0.2) is 16.1 Å². The molecule has 0 radical (unpaired) electrons. The van der Waals surface area contributed by atoms with Crippen LogP contribution in [0.25, 0.3) is 0 Å². The van der Waals surface area contributed by atoms with E-state index in [2.05, 4.69) is 47.1 Å². The lowest BCUT2D eigenvalue weighted by atomic mass is 10.0. The lowest BCUT2D eigenvalue weighted by Crippen LogP contribution is -2.20. The van der Waals surface area contributed by atoms with Crippen molar-refractivity contribution in [1.82, 2.24) is 4.98 Å². The smallest absolute Gasteiger partial charge is 0.337 e. The van der Waals surface area contributed by atoms with Gasteiger partial charge in [0.25, 0.3) is 0 Å². The summed E-state index contributed by atoms with van der Waals surface area (Å²) < 4.78 is 0. The van der Waals surface area contributed by atoms with E-state index in [1.165, 1.54) is 22.9 Å². The van der Waals surface area contributed by atoms with Gasteiger partial charge in [-0.25, -0.2) is 4.79 Å². The Balaban J connectivity index is 1.86. The van der Waals surface area contributed by atoms with Gasteiger partial charge in [0.15, 0.2) is 0 Å². The van der Waals surface area contributed by atoms with E-state index in [1.54, 1.807) is 12.3 Å². The Bertz CT molecular complexity index is 938. The first-order valence-electron chi connectivity index (χ1n) is 8.25. The first-order valence-corrected chi connectivity index (χ1v) is 8.25. The molecule has 1 atom stereocenters. The van der Waals surface area contributed by atoms with Gasteiger partial charge in [0.1, 0.15) is 0 Å². The number of rotatable bonds is 3.